The number of benzene rings is 1. The van der Waals surface area contributed by atoms with Crippen LogP contribution in [-0.2, 0) is 16.2 Å². The Morgan fingerprint density at radius 3 is 2.62 bits per heavy atom. The van der Waals surface area contributed by atoms with Gasteiger partial charge in [0.25, 0.3) is 0 Å². The summed E-state index contributed by atoms with van der Waals surface area (Å²) in [6.07, 6.45) is 7.12. The molecule has 0 spiro atoms. The highest BCUT2D eigenvalue weighted by Gasteiger charge is 2.55. The topological polar surface area (TPSA) is 129 Å². The molecule has 0 radical (unpaired) electrons. The van der Waals surface area contributed by atoms with Crippen molar-refractivity contribution in [1.82, 2.24) is 10.2 Å². The predicted molar refractivity (Wildman–Crippen MR) is 168 cm³/mol. The number of aliphatic hydroxyl groups excluding tert-OH is 3. The zero-order chi connectivity index (χ0) is 30.6. The van der Waals surface area contributed by atoms with E-state index in [0.29, 0.717) is 51.0 Å². The van der Waals surface area contributed by atoms with E-state index in [1.807, 2.05) is 13.0 Å². The van der Waals surface area contributed by atoms with Crippen molar-refractivity contribution in [2.75, 3.05) is 26.8 Å². The van der Waals surface area contributed by atoms with Crippen molar-refractivity contribution in [3.8, 4) is 11.5 Å². The highest BCUT2D eigenvalue weighted by molar-refractivity contribution is 14.1. The lowest BCUT2D eigenvalue weighted by Crippen LogP contribution is -2.59. The normalized spacial score (nSPS) is 28.0. The highest BCUT2D eigenvalue weighted by Crippen LogP contribution is 2.61. The molecule has 0 heterocycles. The summed E-state index contributed by atoms with van der Waals surface area (Å²) in [5, 5.41) is 33.5. The van der Waals surface area contributed by atoms with Gasteiger partial charge in [-0.3, -0.25) is 9.59 Å². The number of ether oxygens (including phenoxy) is 2. The molecular weight excluding hydrogens is 651 g/mol. The van der Waals surface area contributed by atoms with Crippen LogP contribution in [0.4, 0.5) is 0 Å². The number of amides is 2. The van der Waals surface area contributed by atoms with E-state index < -0.39 is 18.2 Å². The number of nitrogens with zero attached hydrogens (tertiary/aromatic N) is 1. The van der Waals surface area contributed by atoms with Gasteiger partial charge in [0.05, 0.1) is 29.9 Å². The Kier molecular flexibility index (Phi) is 11.0. The lowest BCUT2D eigenvalue weighted by atomic mass is 9.45. The summed E-state index contributed by atoms with van der Waals surface area (Å²) in [4.78, 5) is 28.7. The fraction of sp³-hybridized carbons (Fsp3) is 0.625. The Balaban J connectivity index is 1.70. The smallest absolute Gasteiger partial charge is 0.247 e. The van der Waals surface area contributed by atoms with Crippen LogP contribution in [0.25, 0.3) is 0 Å². The van der Waals surface area contributed by atoms with Gasteiger partial charge in [-0.25, -0.2) is 0 Å². The quantitative estimate of drug-likeness (QED) is 0.195. The van der Waals surface area contributed by atoms with Crippen molar-refractivity contribution < 1.29 is 34.4 Å². The van der Waals surface area contributed by atoms with E-state index in [-0.39, 0.29) is 43.4 Å². The predicted octanol–water partition coefficient (Wildman–Crippen LogP) is 3.57. The summed E-state index contributed by atoms with van der Waals surface area (Å²) in [6, 6.07) is 2.74. The van der Waals surface area contributed by atoms with E-state index >= 15 is 0 Å². The number of allylic oxidation sites excluding steroid dienone is 1. The van der Waals surface area contributed by atoms with E-state index in [1.165, 1.54) is 13.5 Å². The van der Waals surface area contributed by atoms with Crippen molar-refractivity contribution in [3.05, 3.63) is 45.1 Å². The minimum atomic E-state index is -1.12. The second-order valence-electron chi connectivity index (χ2n) is 12.3. The first-order valence-electron chi connectivity index (χ1n) is 14.9. The molecule has 1 aromatic carbocycles. The molecule has 232 valence electrons. The third-order valence-corrected chi connectivity index (χ3v) is 10.4. The molecule has 0 unspecified atom stereocenters. The largest absolute Gasteiger partial charge is 0.493 e. The zero-order valence-electron chi connectivity index (χ0n) is 25.0. The Morgan fingerprint density at radius 1 is 1.24 bits per heavy atom. The summed E-state index contributed by atoms with van der Waals surface area (Å²) in [7, 11) is 1.50. The van der Waals surface area contributed by atoms with E-state index in [9.17, 15) is 24.9 Å². The molecule has 0 saturated heterocycles. The maximum absolute atomic E-state index is 13.7. The van der Waals surface area contributed by atoms with Crippen LogP contribution in [0, 0.1) is 26.7 Å². The molecular formula is C32H45IN2O7. The van der Waals surface area contributed by atoms with E-state index in [2.05, 4.69) is 41.8 Å². The van der Waals surface area contributed by atoms with Gasteiger partial charge in [-0.1, -0.05) is 26.8 Å². The van der Waals surface area contributed by atoms with E-state index in [1.54, 1.807) is 29.2 Å². The molecule has 5 rings (SSSR count). The van der Waals surface area contributed by atoms with Gasteiger partial charge in [-0.15, -0.1) is 0 Å². The molecule has 2 bridgehead atoms. The molecule has 42 heavy (non-hydrogen) atoms. The van der Waals surface area contributed by atoms with Gasteiger partial charge in [0.15, 0.2) is 11.5 Å². The lowest BCUT2D eigenvalue weighted by Gasteiger charge is -2.61. The number of rotatable bonds is 12. The number of nitrogens with one attached hydrogen (secondary N) is 1. The molecule has 4 N–H and O–H groups in total. The minimum absolute atomic E-state index is 0.0884. The fourth-order valence-electron chi connectivity index (χ4n) is 7.03. The van der Waals surface area contributed by atoms with Crippen molar-refractivity contribution in [2.24, 2.45) is 23.2 Å². The third-order valence-electron chi connectivity index (χ3n) is 9.55. The summed E-state index contributed by atoms with van der Waals surface area (Å²) in [5.74, 6) is 1.75. The van der Waals surface area contributed by atoms with Gasteiger partial charge in [-0.2, -0.15) is 0 Å². The summed E-state index contributed by atoms with van der Waals surface area (Å²) in [5.41, 5.74) is 1.27. The van der Waals surface area contributed by atoms with Crippen LogP contribution < -0.4 is 14.8 Å². The van der Waals surface area contributed by atoms with Crippen molar-refractivity contribution >= 4 is 34.4 Å². The third kappa shape index (κ3) is 6.81. The van der Waals surface area contributed by atoms with Crippen molar-refractivity contribution in [2.45, 2.75) is 77.7 Å². The fourth-order valence-corrected chi connectivity index (χ4v) is 7.82. The van der Waals surface area contributed by atoms with Crippen LogP contribution in [0.1, 0.15) is 58.4 Å². The first kappa shape index (κ1) is 32.8. The molecule has 9 nitrogen and oxygen atoms in total. The molecule has 10 heteroatoms. The van der Waals surface area contributed by atoms with Gasteiger partial charge < -0.3 is 35.0 Å². The molecule has 0 aliphatic heterocycles. The maximum atomic E-state index is 13.7. The van der Waals surface area contributed by atoms with Crippen LogP contribution in [0.3, 0.4) is 0 Å². The number of hydrogen-bond acceptors (Lipinski definition) is 7. The Morgan fingerprint density at radius 2 is 2.00 bits per heavy atom. The first-order chi connectivity index (χ1) is 20.0. The molecule has 2 amide bonds. The SMILES string of the molecule is CCC=CC(=O)N(C[C@@H]1CC[C@H]2C[C@@H]1C2(C)C)[C@@H]1CC(C(=O)NCCO)=C[C@H](Oc2c(I)cc(CO)cc2OC)[C@H]1O. The van der Waals surface area contributed by atoms with Crippen LogP contribution in [0.2, 0.25) is 0 Å². The number of halogens is 1. The maximum Gasteiger partial charge on any atom is 0.247 e. The van der Waals surface area contributed by atoms with Gasteiger partial charge in [-0.05, 0) is 101 Å². The summed E-state index contributed by atoms with van der Waals surface area (Å²) in [6.45, 7) is 6.83. The number of carbonyl (C=O) groups excluding carboxylic acids is 2. The van der Waals surface area contributed by atoms with Crippen LogP contribution in [-0.4, -0.2) is 77.1 Å². The van der Waals surface area contributed by atoms with Crippen LogP contribution >= 0.6 is 22.6 Å². The lowest BCUT2D eigenvalue weighted by molar-refractivity contribution is -0.143. The standard InChI is InChI=1S/C32H45IN2O7/c1-5-6-7-28(38)35(17-20-8-9-22-16-23(20)32(22,2)3)25-14-21(31(40)34-10-11-36)15-26(29(25)39)42-30-24(33)12-19(18-37)13-27(30)41-4/h6-7,12-13,15,20,22-23,25-26,29,36-37,39H,5,8-11,14,16-18H2,1-4H3,(H,34,40)/t20-,22-,23-,25+,26-,29-/m0/s1. The minimum Gasteiger partial charge on any atom is -0.493 e. The number of carbonyl (C=O) groups is 2. The van der Waals surface area contributed by atoms with Crippen LogP contribution in [0.15, 0.2) is 35.9 Å². The molecule has 6 atom stereocenters. The van der Waals surface area contributed by atoms with Crippen molar-refractivity contribution in [1.29, 1.82) is 0 Å². The monoisotopic (exact) mass is 696 g/mol. The Labute approximate surface area is 262 Å². The van der Waals surface area contributed by atoms with Gasteiger partial charge >= 0.3 is 0 Å². The second kappa shape index (κ2) is 14.1. The number of hydrogen-bond donors (Lipinski definition) is 4. The van der Waals surface area contributed by atoms with Gasteiger partial charge in [0, 0.05) is 25.1 Å². The summed E-state index contributed by atoms with van der Waals surface area (Å²) >= 11 is 2.09. The van der Waals surface area contributed by atoms with E-state index in [0.717, 1.165) is 18.8 Å². The van der Waals surface area contributed by atoms with Crippen LogP contribution in [0.5, 0.6) is 11.5 Å². The molecule has 4 aliphatic carbocycles. The zero-order valence-corrected chi connectivity index (χ0v) is 27.2. The van der Waals surface area contributed by atoms with Gasteiger partial charge in [0.1, 0.15) is 12.2 Å². The average molecular weight is 697 g/mol. The molecule has 4 aliphatic rings. The van der Waals surface area contributed by atoms with Gasteiger partial charge in [0.2, 0.25) is 11.8 Å². The number of methoxy groups -OCH3 is 1. The number of aliphatic hydroxyl groups is 3. The van der Waals surface area contributed by atoms with Crippen molar-refractivity contribution in [3.63, 3.8) is 0 Å². The molecule has 1 aromatic rings. The van der Waals surface area contributed by atoms with E-state index in [4.69, 9.17) is 9.47 Å². The average Bonchev–Trinajstić information content (AvgIpc) is 2.99. The summed E-state index contributed by atoms with van der Waals surface area (Å²) < 4.78 is 12.6. The first-order valence-corrected chi connectivity index (χ1v) is 16.0. The number of fused-ring (bicyclic) bond motifs is 2. The Bertz CT molecular complexity index is 1200. The Hall–Kier alpha value is -2.15. The molecule has 3 saturated carbocycles. The molecule has 3 fully saturated rings. The second-order valence-corrected chi connectivity index (χ2v) is 13.4. The highest BCUT2D eigenvalue weighted by atomic mass is 127. The molecule has 0 aromatic heterocycles.